The molecule has 0 radical (unpaired) electrons. The summed E-state index contributed by atoms with van der Waals surface area (Å²) in [6.07, 6.45) is 1.74. The van der Waals surface area contributed by atoms with Crippen LogP contribution in [0, 0.1) is 0 Å². The highest BCUT2D eigenvalue weighted by atomic mass is 32.2. The van der Waals surface area contributed by atoms with Crippen molar-refractivity contribution in [2.45, 2.75) is 11.3 Å². The quantitative estimate of drug-likeness (QED) is 0.668. The van der Waals surface area contributed by atoms with Crippen molar-refractivity contribution in [3.8, 4) is 0 Å². The van der Waals surface area contributed by atoms with E-state index in [1.54, 1.807) is 24.3 Å². The molecule has 0 atom stereocenters. The van der Waals surface area contributed by atoms with Gasteiger partial charge < -0.3 is 10.1 Å². The predicted molar refractivity (Wildman–Crippen MR) is 98.9 cm³/mol. The van der Waals surface area contributed by atoms with E-state index in [4.69, 9.17) is 5.11 Å². The molecule has 0 bridgehead atoms. The van der Waals surface area contributed by atoms with E-state index in [0.29, 0.717) is 12.1 Å². The van der Waals surface area contributed by atoms with Crippen molar-refractivity contribution in [2.24, 2.45) is 0 Å². The maximum Gasteiger partial charge on any atom is 0.352 e. The largest absolute Gasteiger partial charge is 0.477 e. The fourth-order valence-electron chi connectivity index (χ4n) is 2.63. The van der Waals surface area contributed by atoms with E-state index < -0.39 is 16.0 Å². The molecule has 2 N–H and O–H groups in total. The van der Waals surface area contributed by atoms with E-state index >= 15 is 0 Å². The Labute approximate surface area is 151 Å². The van der Waals surface area contributed by atoms with E-state index in [1.807, 2.05) is 36.4 Å². The van der Waals surface area contributed by atoms with Crippen LogP contribution in [-0.4, -0.2) is 31.0 Å². The Morgan fingerprint density at radius 3 is 2.19 bits per heavy atom. The molecule has 0 aliphatic rings. The Balaban J connectivity index is 1.94. The lowest BCUT2D eigenvalue weighted by atomic mass is 10.1. The SMILES string of the molecule is O=C(O)c1cc(S(=O)(=O)N(CCc2ccccc2)c2ccccc2)c[nH]1. The van der Waals surface area contributed by atoms with Crippen molar-refractivity contribution in [1.29, 1.82) is 0 Å². The second-order valence-corrected chi connectivity index (χ2v) is 7.56. The predicted octanol–water partition coefficient (Wildman–Crippen LogP) is 3.15. The first-order valence-corrected chi connectivity index (χ1v) is 9.46. The number of aromatic amines is 1. The first kappa shape index (κ1) is 17.8. The van der Waals surface area contributed by atoms with E-state index in [9.17, 15) is 13.2 Å². The first-order valence-electron chi connectivity index (χ1n) is 8.02. The van der Waals surface area contributed by atoms with Gasteiger partial charge in [-0.25, -0.2) is 13.2 Å². The lowest BCUT2D eigenvalue weighted by molar-refractivity contribution is 0.0691. The van der Waals surface area contributed by atoms with Crippen LogP contribution in [0.25, 0.3) is 0 Å². The highest BCUT2D eigenvalue weighted by molar-refractivity contribution is 7.92. The second kappa shape index (κ2) is 7.45. The topological polar surface area (TPSA) is 90.5 Å². The Bertz CT molecular complexity index is 983. The molecule has 0 aliphatic heterocycles. The smallest absolute Gasteiger partial charge is 0.352 e. The number of H-pyrrole nitrogens is 1. The number of aromatic nitrogens is 1. The minimum Gasteiger partial charge on any atom is -0.477 e. The number of carbonyl (C=O) groups is 1. The number of hydrogen-bond donors (Lipinski definition) is 2. The third-order valence-electron chi connectivity index (χ3n) is 3.97. The van der Waals surface area contributed by atoms with Crippen molar-refractivity contribution in [1.82, 2.24) is 4.98 Å². The fraction of sp³-hybridized carbons (Fsp3) is 0.105. The Morgan fingerprint density at radius 2 is 1.62 bits per heavy atom. The molecule has 0 saturated carbocycles. The molecule has 7 heteroatoms. The van der Waals surface area contributed by atoms with E-state index in [0.717, 1.165) is 11.6 Å². The van der Waals surface area contributed by atoms with Crippen LogP contribution in [0.3, 0.4) is 0 Å². The molecule has 0 saturated heterocycles. The van der Waals surface area contributed by atoms with Crippen molar-refractivity contribution < 1.29 is 18.3 Å². The summed E-state index contributed by atoms with van der Waals surface area (Å²) < 4.78 is 27.5. The van der Waals surface area contributed by atoms with Crippen molar-refractivity contribution in [3.05, 3.63) is 84.2 Å². The molecule has 3 rings (SSSR count). The van der Waals surface area contributed by atoms with Crippen molar-refractivity contribution >= 4 is 21.7 Å². The number of carboxylic acids is 1. The first-order chi connectivity index (χ1) is 12.5. The number of rotatable bonds is 7. The number of sulfonamides is 1. The number of anilines is 1. The third kappa shape index (κ3) is 3.78. The van der Waals surface area contributed by atoms with Gasteiger partial charge in [0.1, 0.15) is 10.6 Å². The van der Waals surface area contributed by atoms with Gasteiger partial charge in [0.2, 0.25) is 0 Å². The molecule has 1 aromatic heterocycles. The number of carboxylic acid groups (broad SMARTS) is 1. The molecule has 26 heavy (non-hydrogen) atoms. The van der Waals surface area contributed by atoms with E-state index in [1.165, 1.54) is 10.5 Å². The minimum absolute atomic E-state index is 0.0770. The van der Waals surface area contributed by atoms with Crippen LogP contribution in [0.2, 0.25) is 0 Å². The number of aromatic carboxylic acids is 1. The van der Waals surface area contributed by atoms with Gasteiger partial charge in [0.15, 0.2) is 0 Å². The zero-order valence-corrected chi connectivity index (χ0v) is 14.7. The molecular formula is C19H18N2O4S. The zero-order chi connectivity index (χ0) is 18.6. The Morgan fingerprint density at radius 1 is 1.00 bits per heavy atom. The molecule has 0 unspecified atom stereocenters. The van der Waals surface area contributed by atoms with Crippen molar-refractivity contribution in [2.75, 3.05) is 10.8 Å². The highest BCUT2D eigenvalue weighted by Gasteiger charge is 2.26. The standard InChI is InChI=1S/C19H18N2O4S/c22-19(23)18-13-17(14-20-18)26(24,25)21(16-9-5-2-6-10-16)12-11-15-7-3-1-4-8-15/h1-10,13-14,20H,11-12H2,(H,22,23). The van der Waals surface area contributed by atoms with Crippen LogP contribution in [0.1, 0.15) is 16.1 Å². The summed E-state index contributed by atoms with van der Waals surface area (Å²) >= 11 is 0. The number of nitrogens with zero attached hydrogens (tertiary/aromatic N) is 1. The molecule has 6 nitrogen and oxygen atoms in total. The Hall–Kier alpha value is -3.06. The van der Waals surface area contributed by atoms with Gasteiger partial charge >= 0.3 is 5.97 Å². The molecule has 1 heterocycles. The summed E-state index contributed by atoms with van der Waals surface area (Å²) in [7, 11) is -3.90. The summed E-state index contributed by atoms with van der Waals surface area (Å²) in [5.41, 5.74) is 1.38. The molecule has 3 aromatic rings. The van der Waals surface area contributed by atoms with Gasteiger partial charge in [0.05, 0.1) is 5.69 Å². The molecule has 2 aromatic carbocycles. The van der Waals surface area contributed by atoms with Gasteiger partial charge in [0, 0.05) is 12.7 Å². The van der Waals surface area contributed by atoms with E-state index in [-0.39, 0.29) is 17.1 Å². The monoisotopic (exact) mass is 370 g/mol. The lowest BCUT2D eigenvalue weighted by Gasteiger charge is -2.24. The molecule has 134 valence electrons. The van der Waals surface area contributed by atoms with Crippen LogP contribution >= 0.6 is 0 Å². The van der Waals surface area contributed by atoms with Gasteiger partial charge in [-0.15, -0.1) is 0 Å². The summed E-state index contributed by atoms with van der Waals surface area (Å²) in [5, 5.41) is 9.03. The maximum atomic E-state index is 13.1. The highest BCUT2D eigenvalue weighted by Crippen LogP contribution is 2.24. The molecular weight excluding hydrogens is 352 g/mol. The molecule has 0 spiro atoms. The lowest BCUT2D eigenvalue weighted by Crippen LogP contribution is -2.32. The summed E-state index contributed by atoms with van der Waals surface area (Å²) in [6, 6.07) is 19.5. The normalized spacial score (nSPS) is 11.2. The van der Waals surface area contributed by atoms with Gasteiger partial charge in [-0.3, -0.25) is 4.31 Å². The minimum atomic E-state index is -3.90. The Kier molecular flexibility index (Phi) is 5.09. The van der Waals surface area contributed by atoms with E-state index in [2.05, 4.69) is 4.98 Å². The second-order valence-electron chi connectivity index (χ2n) is 5.70. The van der Waals surface area contributed by atoms with Crippen molar-refractivity contribution in [3.63, 3.8) is 0 Å². The number of para-hydroxylation sites is 1. The zero-order valence-electron chi connectivity index (χ0n) is 13.9. The van der Waals surface area contributed by atoms with Crippen LogP contribution in [0.4, 0.5) is 5.69 Å². The molecule has 0 aliphatic carbocycles. The summed E-state index contributed by atoms with van der Waals surface area (Å²) in [5.74, 6) is -1.21. The van der Waals surface area contributed by atoms with Crippen LogP contribution in [0.15, 0.2) is 77.8 Å². The fourth-order valence-corrected chi connectivity index (χ4v) is 4.09. The number of nitrogens with one attached hydrogen (secondary N) is 1. The maximum absolute atomic E-state index is 13.1. The average molecular weight is 370 g/mol. The third-order valence-corrected chi connectivity index (χ3v) is 5.77. The molecule has 0 fully saturated rings. The van der Waals surface area contributed by atoms with Gasteiger partial charge in [0.25, 0.3) is 10.0 Å². The average Bonchev–Trinajstić information content (AvgIpc) is 3.15. The molecule has 0 amide bonds. The van der Waals surface area contributed by atoms with Gasteiger partial charge in [-0.05, 0) is 30.2 Å². The number of hydrogen-bond acceptors (Lipinski definition) is 3. The number of benzene rings is 2. The van der Waals surface area contributed by atoms with Crippen LogP contribution < -0.4 is 4.31 Å². The van der Waals surface area contributed by atoms with Gasteiger partial charge in [-0.2, -0.15) is 0 Å². The van der Waals surface area contributed by atoms with Gasteiger partial charge in [-0.1, -0.05) is 48.5 Å². The van der Waals surface area contributed by atoms with Crippen LogP contribution in [-0.2, 0) is 16.4 Å². The van der Waals surface area contributed by atoms with Crippen LogP contribution in [0.5, 0.6) is 0 Å². The summed E-state index contributed by atoms with van der Waals surface area (Å²) in [4.78, 5) is 13.5. The summed E-state index contributed by atoms with van der Waals surface area (Å²) in [6.45, 7) is 0.240.